The van der Waals surface area contributed by atoms with Gasteiger partial charge >= 0.3 is 0 Å². The van der Waals surface area contributed by atoms with Gasteiger partial charge in [0.2, 0.25) is 5.91 Å². The molecule has 76 valence electrons. The summed E-state index contributed by atoms with van der Waals surface area (Å²) in [6.07, 6.45) is 0. The minimum atomic E-state index is 0. The molecule has 2 rings (SSSR count). The Kier molecular flexibility index (Phi) is 3.16. The van der Waals surface area contributed by atoms with Crippen molar-refractivity contribution in [3.05, 3.63) is 0 Å². The third-order valence-corrected chi connectivity index (χ3v) is 2.96. The van der Waals surface area contributed by atoms with Crippen molar-refractivity contribution in [1.82, 2.24) is 9.91 Å². The highest BCUT2D eigenvalue weighted by Gasteiger charge is 2.39. The van der Waals surface area contributed by atoms with E-state index >= 15 is 0 Å². The van der Waals surface area contributed by atoms with Crippen molar-refractivity contribution < 1.29 is 4.79 Å². The predicted octanol–water partition coefficient (Wildman–Crippen LogP) is -0.308. The molecule has 2 aliphatic heterocycles. The monoisotopic (exact) mass is 205 g/mol. The van der Waals surface area contributed by atoms with E-state index in [1.807, 2.05) is 9.91 Å². The van der Waals surface area contributed by atoms with Gasteiger partial charge in [-0.05, 0) is 11.8 Å². The minimum Gasteiger partial charge on any atom is -0.342 e. The number of hydrazine groups is 1. The molecule has 0 aromatic carbocycles. The van der Waals surface area contributed by atoms with E-state index in [1.165, 1.54) is 0 Å². The van der Waals surface area contributed by atoms with Crippen molar-refractivity contribution in [2.24, 2.45) is 17.7 Å². The Bertz CT molecular complexity index is 198. The van der Waals surface area contributed by atoms with E-state index in [9.17, 15) is 4.79 Å². The van der Waals surface area contributed by atoms with Gasteiger partial charge in [-0.1, -0.05) is 0 Å². The summed E-state index contributed by atoms with van der Waals surface area (Å²) in [5, 5.41) is 1.87. The van der Waals surface area contributed by atoms with Crippen molar-refractivity contribution in [3.8, 4) is 0 Å². The first kappa shape index (κ1) is 10.8. The summed E-state index contributed by atoms with van der Waals surface area (Å²) in [4.78, 5) is 13.0. The lowest BCUT2D eigenvalue weighted by atomic mass is 10.0. The highest BCUT2D eigenvalue weighted by Crippen LogP contribution is 2.29. The molecule has 0 saturated carbocycles. The number of nitrogens with zero attached hydrogens (tertiary/aromatic N) is 2. The number of hydrogen-bond acceptors (Lipinski definition) is 3. The Labute approximate surface area is 84.4 Å². The zero-order chi connectivity index (χ0) is 8.72. The average Bonchev–Trinajstić information content (AvgIpc) is 2.42. The van der Waals surface area contributed by atoms with Gasteiger partial charge in [0.1, 0.15) is 0 Å². The van der Waals surface area contributed by atoms with Crippen LogP contribution in [0, 0.1) is 11.8 Å². The Morgan fingerprint density at radius 3 is 2.08 bits per heavy atom. The predicted molar refractivity (Wildman–Crippen MR) is 52.2 cm³/mol. The lowest BCUT2D eigenvalue weighted by Gasteiger charge is -2.16. The second kappa shape index (κ2) is 3.82. The molecular weight excluding hydrogens is 190 g/mol. The number of carbonyl (C=O) groups excluding carboxylic acids is 1. The molecule has 1 amide bonds. The van der Waals surface area contributed by atoms with Crippen LogP contribution in [0.2, 0.25) is 0 Å². The second-order valence-corrected chi connectivity index (χ2v) is 3.90. The molecule has 0 aromatic heterocycles. The molecule has 0 spiro atoms. The molecule has 2 atom stereocenters. The van der Waals surface area contributed by atoms with Crippen LogP contribution in [0.25, 0.3) is 0 Å². The Hall–Kier alpha value is -0.320. The number of carbonyl (C=O) groups is 1. The SMILES string of the molecule is CC(=O)N1CC2CN(N)CC2C1.Cl. The van der Waals surface area contributed by atoms with E-state index in [0.29, 0.717) is 11.8 Å². The molecule has 0 aliphatic carbocycles. The second-order valence-electron chi connectivity index (χ2n) is 3.90. The molecule has 2 heterocycles. The van der Waals surface area contributed by atoms with E-state index in [2.05, 4.69) is 0 Å². The van der Waals surface area contributed by atoms with Crippen molar-refractivity contribution in [3.63, 3.8) is 0 Å². The maximum Gasteiger partial charge on any atom is 0.219 e. The maximum absolute atomic E-state index is 11.0. The van der Waals surface area contributed by atoms with Crippen LogP contribution >= 0.6 is 12.4 Å². The Morgan fingerprint density at radius 1 is 1.23 bits per heavy atom. The van der Waals surface area contributed by atoms with Gasteiger partial charge < -0.3 is 4.90 Å². The van der Waals surface area contributed by atoms with E-state index in [-0.39, 0.29) is 18.3 Å². The normalized spacial score (nSPS) is 32.9. The molecule has 4 nitrogen and oxygen atoms in total. The molecule has 13 heavy (non-hydrogen) atoms. The standard InChI is InChI=1S/C8H15N3O.ClH/c1-6(12)10-2-7-4-11(9)5-8(7)3-10;/h7-8H,2-5,9H2,1H3;1H. The molecule has 2 fully saturated rings. The molecule has 2 N–H and O–H groups in total. The highest BCUT2D eigenvalue weighted by atomic mass is 35.5. The summed E-state index contributed by atoms with van der Waals surface area (Å²) in [5.74, 6) is 7.13. The molecule has 5 heteroatoms. The van der Waals surface area contributed by atoms with Gasteiger partial charge in [-0.2, -0.15) is 0 Å². The minimum absolute atomic E-state index is 0. The number of hydrogen-bond donors (Lipinski definition) is 1. The van der Waals surface area contributed by atoms with Crippen LogP contribution in [0.4, 0.5) is 0 Å². The van der Waals surface area contributed by atoms with Gasteiger partial charge in [0, 0.05) is 33.1 Å². The van der Waals surface area contributed by atoms with E-state index in [0.717, 1.165) is 26.2 Å². The van der Waals surface area contributed by atoms with E-state index in [1.54, 1.807) is 6.92 Å². The number of amides is 1. The van der Waals surface area contributed by atoms with Gasteiger partial charge in [-0.15, -0.1) is 12.4 Å². The fraction of sp³-hybridized carbons (Fsp3) is 0.875. The number of rotatable bonds is 0. The smallest absolute Gasteiger partial charge is 0.219 e. The fourth-order valence-corrected chi connectivity index (χ4v) is 2.29. The molecule has 0 bridgehead atoms. The third-order valence-electron chi connectivity index (χ3n) is 2.96. The van der Waals surface area contributed by atoms with Crippen LogP contribution in [-0.2, 0) is 4.79 Å². The Balaban J connectivity index is 0.000000845. The topological polar surface area (TPSA) is 49.6 Å². The fourth-order valence-electron chi connectivity index (χ4n) is 2.29. The number of nitrogens with two attached hydrogens (primary N) is 1. The van der Waals surface area contributed by atoms with Crippen LogP contribution in [0.5, 0.6) is 0 Å². The summed E-state index contributed by atoms with van der Waals surface area (Å²) >= 11 is 0. The maximum atomic E-state index is 11.0. The third kappa shape index (κ3) is 1.95. The van der Waals surface area contributed by atoms with Crippen molar-refractivity contribution in [1.29, 1.82) is 0 Å². The first-order chi connectivity index (χ1) is 5.66. The summed E-state index contributed by atoms with van der Waals surface area (Å²) in [6, 6.07) is 0. The van der Waals surface area contributed by atoms with Crippen LogP contribution in [0.1, 0.15) is 6.92 Å². The van der Waals surface area contributed by atoms with Crippen LogP contribution < -0.4 is 5.84 Å². The van der Waals surface area contributed by atoms with Gasteiger partial charge in [0.25, 0.3) is 0 Å². The number of halogens is 1. The van der Waals surface area contributed by atoms with Gasteiger partial charge in [0.15, 0.2) is 0 Å². The number of fused-ring (bicyclic) bond motifs is 1. The highest BCUT2D eigenvalue weighted by molar-refractivity contribution is 5.85. The van der Waals surface area contributed by atoms with Gasteiger partial charge in [-0.25, -0.2) is 5.01 Å². The quantitative estimate of drug-likeness (QED) is 0.552. The lowest BCUT2D eigenvalue weighted by molar-refractivity contribution is -0.128. The molecule has 2 aliphatic rings. The van der Waals surface area contributed by atoms with Gasteiger partial charge in [-0.3, -0.25) is 10.6 Å². The average molecular weight is 206 g/mol. The zero-order valence-electron chi connectivity index (χ0n) is 7.77. The first-order valence-corrected chi connectivity index (χ1v) is 4.42. The van der Waals surface area contributed by atoms with Crippen LogP contribution in [-0.4, -0.2) is 42.0 Å². The lowest BCUT2D eigenvalue weighted by Crippen LogP contribution is -2.34. The van der Waals surface area contributed by atoms with Crippen molar-refractivity contribution in [2.45, 2.75) is 6.92 Å². The van der Waals surface area contributed by atoms with E-state index < -0.39 is 0 Å². The summed E-state index contributed by atoms with van der Waals surface area (Å²) in [6.45, 7) is 5.37. The largest absolute Gasteiger partial charge is 0.342 e. The summed E-state index contributed by atoms with van der Waals surface area (Å²) in [5.41, 5.74) is 0. The molecule has 2 unspecified atom stereocenters. The van der Waals surface area contributed by atoms with E-state index in [4.69, 9.17) is 5.84 Å². The number of likely N-dealkylation sites (tertiary alicyclic amines) is 1. The van der Waals surface area contributed by atoms with Crippen LogP contribution in [0.15, 0.2) is 0 Å². The van der Waals surface area contributed by atoms with Crippen molar-refractivity contribution in [2.75, 3.05) is 26.2 Å². The van der Waals surface area contributed by atoms with Crippen molar-refractivity contribution >= 4 is 18.3 Å². The zero-order valence-corrected chi connectivity index (χ0v) is 8.59. The molecule has 2 saturated heterocycles. The van der Waals surface area contributed by atoms with Crippen LogP contribution in [0.3, 0.4) is 0 Å². The molecule has 0 aromatic rings. The Morgan fingerprint density at radius 2 is 1.69 bits per heavy atom. The molecular formula is C8H16ClN3O. The first-order valence-electron chi connectivity index (χ1n) is 4.42. The summed E-state index contributed by atoms with van der Waals surface area (Å²) < 4.78 is 0. The van der Waals surface area contributed by atoms with Gasteiger partial charge in [0.05, 0.1) is 0 Å². The summed E-state index contributed by atoms with van der Waals surface area (Å²) in [7, 11) is 0. The molecule has 0 radical (unpaired) electrons.